The van der Waals surface area contributed by atoms with Crippen LogP contribution in [-0.2, 0) is 16.1 Å². The van der Waals surface area contributed by atoms with Crippen LogP contribution in [0.2, 0.25) is 0 Å². The van der Waals surface area contributed by atoms with Crippen LogP contribution in [0.3, 0.4) is 0 Å². The molecule has 2 amide bonds. The molecule has 1 heterocycles. The van der Waals surface area contributed by atoms with Crippen molar-refractivity contribution in [3.63, 3.8) is 0 Å². The van der Waals surface area contributed by atoms with Crippen molar-refractivity contribution in [3.8, 4) is 5.75 Å². The van der Waals surface area contributed by atoms with Crippen LogP contribution in [-0.4, -0.2) is 60.4 Å². The van der Waals surface area contributed by atoms with Gasteiger partial charge in [0.25, 0.3) is 5.91 Å². The topological polar surface area (TPSA) is 61.9 Å². The highest BCUT2D eigenvalue weighted by molar-refractivity contribution is 5.81. The number of nitrogens with one attached hydrogen (secondary N) is 1. The van der Waals surface area contributed by atoms with Crippen molar-refractivity contribution in [2.75, 3.05) is 32.7 Å². The Hall–Kier alpha value is -2.86. The molecule has 1 saturated heterocycles. The molecule has 1 unspecified atom stereocenters. The zero-order valence-corrected chi connectivity index (χ0v) is 18.7. The summed E-state index contributed by atoms with van der Waals surface area (Å²) < 4.78 is 5.92. The lowest BCUT2D eigenvalue weighted by Crippen LogP contribution is -2.53. The number of hydrogen-bond acceptors (Lipinski definition) is 4. The second-order valence-corrected chi connectivity index (χ2v) is 8.35. The molecule has 6 heteroatoms. The number of ether oxygens (including phenoxy) is 1. The van der Waals surface area contributed by atoms with Crippen LogP contribution in [0.5, 0.6) is 5.75 Å². The van der Waals surface area contributed by atoms with E-state index in [0.717, 1.165) is 11.3 Å². The number of carbonyl (C=O) groups excluding carboxylic acids is 2. The Kier molecular flexibility index (Phi) is 8.06. The van der Waals surface area contributed by atoms with Crippen LogP contribution in [0.1, 0.15) is 37.8 Å². The van der Waals surface area contributed by atoms with Crippen LogP contribution in [0.15, 0.2) is 54.6 Å². The van der Waals surface area contributed by atoms with E-state index < -0.39 is 6.10 Å². The Labute approximate surface area is 185 Å². The van der Waals surface area contributed by atoms with Crippen LogP contribution >= 0.6 is 0 Å². The fourth-order valence-electron chi connectivity index (χ4n) is 3.64. The van der Waals surface area contributed by atoms with Crippen LogP contribution in [0.25, 0.3) is 0 Å². The molecule has 1 atom stereocenters. The van der Waals surface area contributed by atoms with Crippen molar-refractivity contribution < 1.29 is 14.3 Å². The third-order valence-corrected chi connectivity index (χ3v) is 5.57. The third-order valence-electron chi connectivity index (χ3n) is 5.57. The predicted molar refractivity (Wildman–Crippen MR) is 122 cm³/mol. The van der Waals surface area contributed by atoms with Gasteiger partial charge in [0.1, 0.15) is 5.75 Å². The molecule has 6 nitrogen and oxygen atoms in total. The molecule has 1 aliphatic heterocycles. The molecule has 1 aliphatic rings. The second kappa shape index (κ2) is 11.0. The average Bonchev–Trinajstić information content (AvgIpc) is 2.78. The van der Waals surface area contributed by atoms with E-state index in [2.05, 4.69) is 30.1 Å². The molecule has 0 aromatic heterocycles. The zero-order chi connectivity index (χ0) is 22.2. The molecular weight excluding hydrogens is 390 g/mol. The van der Waals surface area contributed by atoms with E-state index in [4.69, 9.17) is 4.74 Å². The van der Waals surface area contributed by atoms with Gasteiger partial charge in [0, 0.05) is 32.7 Å². The van der Waals surface area contributed by atoms with Gasteiger partial charge < -0.3 is 15.0 Å². The fraction of sp³-hybridized carbons (Fsp3) is 0.440. The highest BCUT2D eigenvalue weighted by Gasteiger charge is 2.26. The molecule has 0 saturated carbocycles. The molecular formula is C25H33N3O3. The standard InChI is InChI=1S/C25H33N3O3/c1-19(2)22-10-7-11-23(16-22)31-20(3)25(30)28-14-12-27(13-15-28)18-24(29)26-17-21-8-5-4-6-9-21/h4-11,16,19-20H,12-15,17-18H2,1-3H3,(H,26,29). The fourth-order valence-corrected chi connectivity index (χ4v) is 3.64. The summed E-state index contributed by atoms with van der Waals surface area (Å²) in [6.07, 6.45) is -0.539. The maximum atomic E-state index is 12.8. The van der Waals surface area contributed by atoms with Gasteiger partial charge in [0.05, 0.1) is 6.54 Å². The number of hydrogen-bond donors (Lipinski definition) is 1. The van der Waals surface area contributed by atoms with Crippen molar-refractivity contribution in [1.29, 1.82) is 0 Å². The van der Waals surface area contributed by atoms with E-state index in [9.17, 15) is 9.59 Å². The van der Waals surface area contributed by atoms with Crippen molar-refractivity contribution in [2.24, 2.45) is 0 Å². The normalized spacial score (nSPS) is 15.5. The summed E-state index contributed by atoms with van der Waals surface area (Å²) in [6.45, 7) is 9.51. The lowest BCUT2D eigenvalue weighted by atomic mass is 10.0. The van der Waals surface area contributed by atoms with Crippen molar-refractivity contribution in [1.82, 2.24) is 15.1 Å². The number of rotatable bonds is 8. The van der Waals surface area contributed by atoms with E-state index in [-0.39, 0.29) is 11.8 Å². The Morgan fingerprint density at radius 3 is 2.35 bits per heavy atom. The molecule has 1 fully saturated rings. The maximum absolute atomic E-state index is 12.8. The lowest BCUT2D eigenvalue weighted by Gasteiger charge is -2.35. The number of piperazine rings is 1. The summed E-state index contributed by atoms with van der Waals surface area (Å²) in [5, 5.41) is 2.96. The monoisotopic (exact) mass is 423 g/mol. The van der Waals surface area contributed by atoms with Gasteiger partial charge in [0.2, 0.25) is 5.91 Å². The first-order chi connectivity index (χ1) is 14.9. The highest BCUT2D eigenvalue weighted by atomic mass is 16.5. The van der Waals surface area contributed by atoms with Crippen LogP contribution in [0, 0.1) is 0 Å². The minimum absolute atomic E-state index is 0.00497. The number of nitrogens with zero attached hydrogens (tertiary/aromatic N) is 2. The summed E-state index contributed by atoms with van der Waals surface area (Å²) in [7, 11) is 0. The van der Waals surface area contributed by atoms with Gasteiger partial charge in [-0.3, -0.25) is 14.5 Å². The van der Waals surface area contributed by atoms with E-state index in [1.807, 2.05) is 53.4 Å². The minimum atomic E-state index is -0.539. The summed E-state index contributed by atoms with van der Waals surface area (Å²) >= 11 is 0. The number of carbonyl (C=O) groups is 2. The molecule has 2 aromatic rings. The number of amides is 2. The largest absolute Gasteiger partial charge is 0.481 e. The molecule has 0 radical (unpaired) electrons. The van der Waals surface area contributed by atoms with Gasteiger partial charge in [-0.1, -0.05) is 56.3 Å². The van der Waals surface area contributed by atoms with E-state index in [0.29, 0.717) is 45.2 Å². The van der Waals surface area contributed by atoms with Gasteiger partial charge >= 0.3 is 0 Å². The van der Waals surface area contributed by atoms with Crippen LogP contribution in [0.4, 0.5) is 0 Å². The number of benzene rings is 2. The van der Waals surface area contributed by atoms with Gasteiger partial charge in [-0.2, -0.15) is 0 Å². The quantitative estimate of drug-likeness (QED) is 0.709. The van der Waals surface area contributed by atoms with Crippen molar-refractivity contribution in [3.05, 3.63) is 65.7 Å². The van der Waals surface area contributed by atoms with Gasteiger partial charge in [-0.25, -0.2) is 0 Å². The predicted octanol–water partition coefficient (Wildman–Crippen LogP) is 3.04. The molecule has 0 spiro atoms. The zero-order valence-electron chi connectivity index (χ0n) is 18.7. The average molecular weight is 424 g/mol. The van der Waals surface area contributed by atoms with Gasteiger partial charge in [0.15, 0.2) is 6.10 Å². The molecule has 2 aromatic carbocycles. The summed E-state index contributed by atoms with van der Waals surface area (Å²) in [5.41, 5.74) is 2.27. The Morgan fingerprint density at radius 1 is 0.968 bits per heavy atom. The molecule has 31 heavy (non-hydrogen) atoms. The Bertz CT molecular complexity index is 861. The van der Waals surface area contributed by atoms with Crippen LogP contribution < -0.4 is 10.1 Å². The molecule has 166 valence electrons. The van der Waals surface area contributed by atoms with Crippen molar-refractivity contribution >= 4 is 11.8 Å². The molecule has 0 aliphatic carbocycles. The first kappa shape index (κ1) is 22.8. The summed E-state index contributed by atoms with van der Waals surface area (Å²) in [4.78, 5) is 29.0. The molecule has 1 N–H and O–H groups in total. The second-order valence-electron chi connectivity index (χ2n) is 8.35. The van der Waals surface area contributed by atoms with Gasteiger partial charge in [-0.05, 0) is 36.1 Å². The highest BCUT2D eigenvalue weighted by Crippen LogP contribution is 2.21. The first-order valence-electron chi connectivity index (χ1n) is 11.0. The smallest absolute Gasteiger partial charge is 0.263 e. The SMILES string of the molecule is CC(Oc1cccc(C(C)C)c1)C(=O)N1CCN(CC(=O)NCc2ccccc2)CC1. The lowest BCUT2D eigenvalue weighted by molar-refractivity contribution is -0.139. The minimum Gasteiger partial charge on any atom is -0.481 e. The Morgan fingerprint density at radius 2 is 1.68 bits per heavy atom. The summed E-state index contributed by atoms with van der Waals surface area (Å²) in [6, 6.07) is 17.8. The molecule has 0 bridgehead atoms. The Balaban J connectivity index is 1.41. The van der Waals surface area contributed by atoms with Crippen molar-refractivity contribution in [2.45, 2.75) is 39.3 Å². The third kappa shape index (κ3) is 6.82. The van der Waals surface area contributed by atoms with E-state index in [1.165, 1.54) is 5.56 Å². The maximum Gasteiger partial charge on any atom is 0.263 e. The van der Waals surface area contributed by atoms with E-state index >= 15 is 0 Å². The summed E-state index contributed by atoms with van der Waals surface area (Å²) in [5.74, 6) is 1.13. The van der Waals surface area contributed by atoms with E-state index in [1.54, 1.807) is 6.92 Å². The molecule has 3 rings (SSSR count). The first-order valence-corrected chi connectivity index (χ1v) is 11.0. The van der Waals surface area contributed by atoms with Gasteiger partial charge in [-0.15, -0.1) is 0 Å².